The number of hydrogen-bond donors (Lipinski definition) is 0. The molecule has 0 radical (unpaired) electrons. The van der Waals surface area contributed by atoms with E-state index in [0.29, 0.717) is 0 Å². The van der Waals surface area contributed by atoms with Crippen LogP contribution in [0.15, 0.2) is 22.9 Å². The molecule has 0 nitrogen and oxygen atoms in total. The smallest absolute Gasteiger partial charge is 0.0336 e. The molecule has 0 aliphatic rings. The van der Waals surface area contributed by atoms with Gasteiger partial charge in [0.1, 0.15) is 0 Å². The molecule has 2 heteroatoms. The second kappa shape index (κ2) is 7.60. The Labute approximate surface area is 138 Å². The fourth-order valence-corrected chi connectivity index (χ4v) is 5.01. The molecule has 116 valence electrons. The lowest BCUT2D eigenvalue weighted by atomic mass is 9.86. The quantitative estimate of drug-likeness (QED) is 0.500. The first-order valence-corrected chi connectivity index (χ1v) is 10.00. The van der Waals surface area contributed by atoms with Crippen LogP contribution in [0.3, 0.4) is 0 Å². The van der Waals surface area contributed by atoms with Gasteiger partial charge in [-0.3, -0.25) is 0 Å². The van der Waals surface area contributed by atoms with Crippen molar-refractivity contribution in [3.63, 3.8) is 0 Å². The molecule has 2 rings (SSSR count). The Morgan fingerprint density at radius 1 is 1.00 bits per heavy atom. The van der Waals surface area contributed by atoms with Crippen molar-refractivity contribution in [1.82, 2.24) is 0 Å². The van der Waals surface area contributed by atoms with Crippen molar-refractivity contribution in [2.24, 2.45) is 0 Å². The molecule has 0 fully saturated rings. The molecule has 0 atom stereocenters. The highest BCUT2D eigenvalue weighted by Gasteiger charge is 2.28. The van der Waals surface area contributed by atoms with E-state index in [4.69, 9.17) is 0 Å². The minimum absolute atomic E-state index is 0.159. The van der Waals surface area contributed by atoms with Crippen molar-refractivity contribution in [3.05, 3.63) is 43.8 Å². The Bertz CT molecular complexity index is 545. The van der Waals surface area contributed by atoms with Gasteiger partial charge in [0.15, 0.2) is 0 Å². The van der Waals surface area contributed by atoms with Gasteiger partial charge in [-0.2, -0.15) is 0 Å². The van der Waals surface area contributed by atoms with E-state index in [0.717, 1.165) is 0 Å². The second-order valence-electron chi connectivity index (χ2n) is 6.43. The van der Waals surface area contributed by atoms with Gasteiger partial charge in [0.2, 0.25) is 0 Å². The van der Waals surface area contributed by atoms with Gasteiger partial charge >= 0.3 is 0 Å². The molecule has 0 unspecified atom stereocenters. The van der Waals surface area contributed by atoms with Crippen molar-refractivity contribution in [2.75, 3.05) is 0 Å². The van der Waals surface area contributed by atoms with Gasteiger partial charge in [-0.25, -0.2) is 0 Å². The first kappa shape index (κ1) is 16.8. The minimum atomic E-state index is 0.159. The van der Waals surface area contributed by atoms with Crippen LogP contribution in [-0.4, -0.2) is 0 Å². The monoisotopic (exact) mass is 320 g/mol. The lowest BCUT2D eigenvalue weighted by Crippen LogP contribution is -2.17. The summed E-state index contributed by atoms with van der Waals surface area (Å²) in [6.07, 6.45) is 7.61. The first-order chi connectivity index (χ1) is 10.1. The van der Waals surface area contributed by atoms with Crippen molar-refractivity contribution >= 4 is 22.7 Å². The molecular formula is C19H28S2. The van der Waals surface area contributed by atoms with E-state index in [2.05, 4.69) is 50.6 Å². The summed E-state index contributed by atoms with van der Waals surface area (Å²) in [7, 11) is 0. The number of unbranched alkanes of at least 4 members (excludes halogenated alkanes) is 2. The summed E-state index contributed by atoms with van der Waals surface area (Å²) < 4.78 is 0. The SMILES string of the molecule is CCCCc1csc(C(C)(C)c2sccc2CCCC)c1. The number of aryl methyl sites for hydroxylation is 2. The van der Waals surface area contributed by atoms with Gasteiger partial charge in [0, 0.05) is 15.2 Å². The number of thiophene rings is 2. The fraction of sp³-hybridized carbons (Fsp3) is 0.579. The predicted molar refractivity (Wildman–Crippen MR) is 98.0 cm³/mol. The zero-order valence-electron chi connectivity index (χ0n) is 13.9. The molecule has 0 N–H and O–H groups in total. The molecule has 2 aromatic heterocycles. The average Bonchev–Trinajstić information content (AvgIpc) is 3.12. The van der Waals surface area contributed by atoms with Gasteiger partial charge in [0.05, 0.1) is 0 Å². The van der Waals surface area contributed by atoms with Crippen molar-refractivity contribution in [1.29, 1.82) is 0 Å². The molecule has 0 bridgehead atoms. The summed E-state index contributed by atoms with van der Waals surface area (Å²) in [5.74, 6) is 0. The highest BCUT2D eigenvalue weighted by Crippen LogP contribution is 2.40. The summed E-state index contributed by atoms with van der Waals surface area (Å²) in [5, 5.41) is 4.64. The van der Waals surface area contributed by atoms with Crippen LogP contribution in [0.4, 0.5) is 0 Å². The Morgan fingerprint density at radius 3 is 2.43 bits per heavy atom. The molecule has 2 heterocycles. The summed E-state index contributed by atoms with van der Waals surface area (Å²) in [5.41, 5.74) is 3.25. The zero-order valence-corrected chi connectivity index (χ0v) is 15.5. The third-order valence-electron chi connectivity index (χ3n) is 4.20. The van der Waals surface area contributed by atoms with E-state index in [-0.39, 0.29) is 5.41 Å². The van der Waals surface area contributed by atoms with Gasteiger partial charge in [-0.15, -0.1) is 22.7 Å². The largest absolute Gasteiger partial charge is 0.148 e. The highest BCUT2D eigenvalue weighted by atomic mass is 32.1. The first-order valence-electron chi connectivity index (χ1n) is 8.24. The normalized spacial score (nSPS) is 12.0. The van der Waals surface area contributed by atoms with E-state index in [9.17, 15) is 0 Å². The lowest BCUT2D eigenvalue weighted by Gasteiger charge is -2.24. The minimum Gasteiger partial charge on any atom is -0.148 e. The van der Waals surface area contributed by atoms with Crippen LogP contribution in [0.25, 0.3) is 0 Å². The molecular weight excluding hydrogens is 292 g/mol. The summed E-state index contributed by atoms with van der Waals surface area (Å²) >= 11 is 3.88. The van der Waals surface area contributed by atoms with Gasteiger partial charge in [-0.1, -0.05) is 40.5 Å². The molecule has 0 aliphatic heterocycles. The van der Waals surface area contributed by atoms with E-state index >= 15 is 0 Å². The van der Waals surface area contributed by atoms with Gasteiger partial charge in [0.25, 0.3) is 0 Å². The van der Waals surface area contributed by atoms with Crippen LogP contribution in [0.1, 0.15) is 74.3 Å². The summed E-state index contributed by atoms with van der Waals surface area (Å²) in [4.78, 5) is 3.09. The molecule has 0 saturated carbocycles. The lowest BCUT2D eigenvalue weighted by molar-refractivity contribution is 0.655. The van der Waals surface area contributed by atoms with Gasteiger partial charge in [-0.05, 0) is 59.7 Å². The maximum atomic E-state index is 2.45. The predicted octanol–water partition coefficient (Wildman–Crippen LogP) is 6.82. The molecule has 2 aromatic rings. The van der Waals surface area contributed by atoms with Crippen LogP contribution in [-0.2, 0) is 18.3 Å². The van der Waals surface area contributed by atoms with Crippen LogP contribution in [0.2, 0.25) is 0 Å². The Morgan fingerprint density at radius 2 is 1.71 bits per heavy atom. The molecule has 0 aromatic carbocycles. The zero-order chi connectivity index (χ0) is 15.3. The molecule has 0 aliphatic carbocycles. The third kappa shape index (κ3) is 3.98. The highest BCUT2D eigenvalue weighted by molar-refractivity contribution is 7.12. The summed E-state index contributed by atoms with van der Waals surface area (Å²) in [6.45, 7) is 9.33. The third-order valence-corrected chi connectivity index (χ3v) is 6.79. The maximum Gasteiger partial charge on any atom is 0.0336 e. The van der Waals surface area contributed by atoms with Crippen molar-refractivity contribution in [2.45, 2.75) is 71.6 Å². The van der Waals surface area contributed by atoms with Crippen molar-refractivity contribution < 1.29 is 0 Å². The van der Waals surface area contributed by atoms with Crippen molar-refractivity contribution in [3.8, 4) is 0 Å². The molecule has 0 saturated heterocycles. The van der Waals surface area contributed by atoms with Crippen LogP contribution in [0.5, 0.6) is 0 Å². The standard InChI is InChI=1S/C19H28S2/c1-5-7-9-15-13-17(21-14-15)19(3,4)18-16(10-8-6-2)11-12-20-18/h11-14H,5-10H2,1-4H3. The Kier molecular flexibility index (Phi) is 6.07. The average molecular weight is 321 g/mol. The fourth-order valence-electron chi connectivity index (χ4n) is 2.78. The number of rotatable bonds is 8. The topological polar surface area (TPSA) is 0 Å². The second-order valence-corrected chi connectivity index (χ2v) is 8.25. The van der Waals surface area contributed by atoms with Crippen LogP contribution >= 0.6 is 22.7 Å². The van der Waals surface area contributed by atoms with E-state index in [1.165, 1.54) is 49.0 Å². The van der Waals surface area contributed by atoms with E-state index in [1.54, 1.807) is 10.4 Å². The Balaban J connectivity index is 2.20. The summed E-state index contributed by atoms with van der Waals surface area (Å²) in [6, 6.07) is 4.78. The van der Waals surface area contributed by atoms with Crippen LogP contribution in [0, 0.1) is 0 Å². The molecule has 0 amide bonds. The van der Waals surface area contributed by atoms with E-state index < -0.39 is 0 Å². The van der Waals surface area contributed by atoms with Gasteiger partial charge < -0.3 is 0 Å². The molecule has 21 heavy (non-hydrogen) atoms. The van der Waals surface area contributed by atoms with E-state index in [1.807, 2.05) is 22.7 Å². The maximum absolute atomic E-state index is 2.45. The van der Waals surface area contributed by atoms with Crippen LogP contribution < -0.4 is 0 Å². The molecule has 0 spiro atoms. The Hall–Kier alpha value is -0.600. The number of hydrogen-bond acceptors (Lipinski definition) is 2.